The lowest BCUT2D eigenvalue weighted by molar-refractivity contribution is -0.143. The molecule has 1 N–H and O–H groups in total. The Morgan fingerprint density at radius 2 is 1.71 bits per heavy atom. The van der Waals surface area contributed by atoms with Crippen LogP contribution in [-0.2, 0) is 4.79 Å². The fourth-order valence-corrected chi connectivity index (χ4v) is 3.22. The molecule has 1 aliphatic carbocycles. The van der Waals surface area contributed by atoms with Crippen molar-refractivity contribution in [2.45, 2.75) is 31.6 Å². The minimum Gasteiger partial charge on any atom is -0.493 e. The molecule has 0 bridgehead atoms. The third-order valence-electron chi connectivity index (χ3n) is 4.22. The molecule has 0 heterocycles. The molecule has 1 saturated carbocycles. The smallest absolute Gasteiger partial charge is 0.307 e. The lowest BCUT2D eigenvalue weighted by Gasteiger charge is -2.30. The number of carboxylic acid groups (broad SMARTS) is 1. The van der Waals surface area contributed by atoms with Crippen LogP contribution < -0.4 is 14.2 Å². The van der Waals surface area contributed by atoms with Crippen LogP contribution in [0.2, 0.25) is 0 Å². The van der Waals surface area contributed by atoms with E-state index in [1.807, 2.05) is 12.1 Å². The fraction of sp³-hybridized carbons (Fsp3) is 0.562. The molecule has 1 fully saturated rings. The van der Waals surface area contributed by atoms with Crippen LogP contribution in [0.4, 0.5) is 0 Å². The molecule has 1 aliphatic rings. The van der Waals surface area contributed by atoms with Crippen LogP contribution in [0.5, 0.6) is 17.2 Å². The number of methoxy groups -OCH3 is 3. The van der Waals surface area contributed by atoms with Gasteiger partial charge in [-0.1, -0.05) is 18.9 Å². The summed E-state index contributed by atoms with van der Waals surface area (Å²) in [4.78, 5) is 11.5. The predicted molar refractivity (Wildman–Crippen MR) is 78.4 cm³/mol. The second-order valence-electron chi connectivity index (χ2n) is 5.26. The Hall–Kier alpha value is -1.91. The van der Waals surface area contributed by atoms with E-state index >= 15 is 0 Å². The zero-order chi connectivity index (χ0) is 15.4. The van der Waals surface area contributed by atoms with Gasteiger partial charge in [0.15, 0.2) is 11.5 Å². The first-order valence-corrected chi connectivity index (χ1v) is 7.15. The molecule has 5 nitrogen and oxygen atoms in total. The van der Waals surface area contributed by atoms with E-state index < -0.39 is 5.97 Å². The van der Waals surface area contributed by atoms with E-state index in [0.717, 1.165) is 24.8 Å². The number of carbonyl (C=O) groups is 1. The molecule has 2 atom stereocenters. The van der Waals surface area contributed by atoms with E-state index in [1.165, 1.54) is 0 Å². The van der Waals surface area contributed by atoms with Crippen molar-refractivity contribution in [1.29, 1.82) is 0 Å². The summed E-state index contributed by atoms with van der Waals surface area (Å²) in [5.41, 5.74) is 0.891. The zero-order valence-electron chi connectivity index (χ0n) is 12.7. The SMILES string of the molecule is COc1ccc(C2CCCCC2C(=O)O)c(OC)c1OC. The lowest BCUT2D eigenvalue weighted by Crippen LogP contribution is -2.25. The van der Waals surface area contributed by atoms with Gasteiger partial charge in [-0.3, -0.25) is 4.79 Å². The van der Waals surface area contributed by atoms with Gasteiger partial charge in [-0.15, -0.1) is 0 Å². The molecular weight excluding hydrogens is 272 g/mol. The van der Waals surface area contributed by atoms with Gasteiger partial charge in [0.2, 0.25) is 5.75 Å². The van der Waals surface area contributed by atoms with Crippen LogP contribution >= 0.6 is 0 Å². The van der Waals surface area contributed by atoms with Crippen molar-refractivity contribution in [3.05, 3.63) is 17.7 Å². The molecule has 0 saturated heterocycles. The molecule has 1 aromatic carbocycles. The Balaban J connectivity index is 2.49. The van der Waals surface area contributed by atoms with Crippen LogP contribution in [0.3, 0.4) is 0 Å². The minimum atomic E-state index is -0.739. The van der Waals surface area contributed by atoms with Crippen LogP contribution in [-0.4, -0.2) is 32.4 Å². The summed E-state index contributed by atoms with van der Waals surface area (Å²) in [7, 11) is 4.69. The highest BCUT2D eigenvalue weighted by Gasteiger charge is 2.34. The van der Waals surface area contributed by atoms with Gasteiger partial charge in [0.1, 0.15) is 0 Å². The Morgan fingerprint density at radius 1 is 1.05 bits per heavy atom. The second kappa shape index (κ2) is 6.70. The van der Waals surface area contributed by atoms with Crippen molar-refractivity contribution >= 4 is 5.97 Å². The van der Waals surface area contributed by atoms with Gasteiger partial charge in [0.05, 0.1) is 27.2 Å². The molecule has 0 amide bonds. The fourth-order valence-electron chi connectivity index (χ4n) is 3.22. The number of hydrogen-bond donors (Lipinski definition) is 1. The van der Waals surface area contributed by atoms with Crippen molar-refractivity contribution in [3.8, 4) is 17.2 Å². The molecule has 2 rings (SSSR count). The van der Waals surface area contributed by atoms with Gasteiger partial charge in [-0.25, -0.2) is 0 Å². The molecule has 1 aromatic rings. The Morgan fingerprint density at radius 3 is 2.29 bits per heavy atom. The Bertz CT molecular complexity index is 512. The third-order valence-corrected chi connectivity index (χ3v) is 4.22. The largest absolute Gasteiger partial charge is 0.493 e. The number of carboxylic acids is 1. The van der Waals surface area contributed by atoms with Crippen LogP contribution in [0.1, 0.15) is 37.2 Å². The minimum absolute atomic E-state index is 0.0500. The molecule has 116 valence electrons. The van der Waals surface area contributed by atoms with E-state index in [2.05, 4.69) is 0 Å². The normalized spacial score (nSPS) is 21.7. The van der Waals surface area contributed by atoms with Gasteiger partial charge in [-0.2, -0.15) is 0 Å². The molecule has 0 radical (unpaired) electrons. The molecular formula is C16H22O5. The maximum atomic E-state index is 11.5. The maximum absolute atomic E-state index is 11.5. The summed E-state index contributed by atoms with van der Waals surface area (Å²) < 4.78 is 16.2. The van der Waals surface area contributed by atoms with Crippen molar-refractivity contribution < 1.29 is 24.1 Å². The molecule has 21 heavy (non-hydrogen) atoms. The average molecular weight is 294 g/mol. The van der Waals surface area contributed by atoms with E-state index in [-0.39, 0.29) is 11.8 Å². The van der Waals surface area contributed by atoms with Crippen LogP contribution in [0, 0.1) is 5.92 Å². The van der Waals surface area contributed by atoms with Crippen LogP contribution in [0.25, 0.3) is 0 Å². The molecule has 5 heteroatoms. The summed E-state index contributed by atoms with van der Waals surface area (Å²) in [6.07, 6.45) is 3.55. The third kappa shape index (κ3) is 2.91. The van der Waals surface area contributed by atoms with Gasteiger partial charge in [-0.05, 0) is 18.9 Å². The second-order valence-corrected chi connectivity index (χ2v) is 5.26. The first-order valence-electron chi connectivity index (χ1n) is 7.15. The Labute approximate surface area is 124 Å². The first-order chi connectivity index (χ1) is 10.1. The van der Waals surface area contributed by atoms with Gasteiger partial charge < -0.3 is 19.3 Å². The van der Waals surface area contributed by atoms with Crippen molar-refractivity contribution in [2.24, 2.45) is 5.92 Å². The number of hydrogen-bond acceptors (Lipinski definition) is 4. The van der Waals surface area contributed by atoms with Crippen LogP contribution in [0.15, 0.2) is 12.1 Å². The number of aliphatic carboxylic acids is 1. The lowest BCUT2D eigenvalue weighted by atomic mass is 9.75. The maximum Gasteiger partial charge on any atom is 0.307 e. The number of rotatable bonds is 5. The van der Waals surface area contributed by atoms with Gasteiger partial charge in [0, 0.05) is 11.5 Å². The summed E-state index contributed by atoms with van der Waals surface area (Å²) in [6.45, 7) is 0. The predicted octanol–water partition coefficient (Wildman–Crippen LogP) is 3.07. The van der Waals surface area contributed by atoms with E-state index in [9.17, 15) is 9.90 Å². The molecule has 0 aromatic heterocycles. The first kappa shape index (κ1) is 15.5. The standard InChI is InChI=1S/C16H22O5/c1-19-13-9-8-11(14(20-2)15(13)21-3)10-6-4-5-7-12(10)16(17)18/h8-10,12H,4-7H2,1-3H3,(H,17,18). The monoisotopic (exact) mass is 294 g/mol. The molecule has 0 spiro atoms. The number of benzene rings is 1. The van der Waals surface area contributed by atoms with Crippen molar-refractivity contribution in [1.82, 2.24) is 0 Å². The van der Waals surface area contributed by atoms with Gasteiger partial charge in [0.25, 0.3) is 0 Å². The molecule has 2 unspecified atom stereocenters. The van der Waals surface area contributed by atoms with Crippen molar-refractivity contribution in [3.63, 3.8) is 0 Å². The number of ether oxygens (including phenoxy) is 3. The van der Waals surface area contributed by atoms with E-state index in [0.29, 0.717) is 23.7 Å². The summed E-state index contributed by atoms with van der Waals surface area (Å²) in [5.74, 6) is 0.524. The Kier molecular flexibility index (Phi) is 4.94. The summed E-state index contributed by atoms with van der Waals surface area (Å²) >= 11 is 0. The average Bonchev–Trinajstić information content (AvgIpc) is 2.53. The van der Waals surface area contributed by atoms with E-state index in [1.54, 1.807) is 21.3 Å². The topological polar surface area (TPSA) is 65.0 Å². The highest BCUT2D eigenvalue weighted by Crippen LogP contribution is 2.47. The summed E-state index contributed by atoms with van der Waals surface area (Å²) in [5, 5.41) is 9.46. The van der Waals surface area contributed by atoms with Crippen molar-refractivity contribution in [2.75, 3.05) is 21.3 Å². The highest BCUT2D eigenvalue weighted by atomic mass is 16.5. The van der Waals surface area contributed by atoms with Gasteiger partial charge >= 0.3 is 5.97 Å². The van der Waals surface area contributed by atoms with E-state index in [4.69, 9.17) is 14.2 Å². The zero-order valence-corrected chi connectivity index (χ0v) is 12.7. The molecule has 0 aliphatic heterocycles. The highest BCUT2D eigenvalue weighted by molar-refractivity contribution is 5.72. The summed E-state index contributed by atoms with van der Waals surface area (Å²) in [6, 6.07) is 3.70. The quantitative estimate of drug-likeness (QED) is 0.904.